The third-order valence-corrected chi connectivity index (χ3v) is 2.64. The van der Waals surface area contributed by atoms with Crippen molar-refractivity contribution in [1.29, 1.82) is 0 Å². The molecule has 1 heterocycles. The Bertz CT molecular complexity index is 149. The molecule has 14 heavy (non-hydrogen) atoms. The predicted octanol–water partition coefficient (Wildman–Crippen LogP) is -0.586. The summed E-state index contributed by atoms with van der Waals surface area (Å²) < 4.78 is 0. The summed E-state index contributed by atoms with van der Waals surface area (Å²) in [6.45, 7) is 5.87. The Hall–Kier alpha value is -0.160. The zero-order valence-corrected chi connectivity index (χ0v) is 8.95. The van der Waals surface area contributed by atoms with Crippen molar-refractivity contribution in [3.05, 3.63) is 0 Å². The first kappa shape index (κ1) is 11.9. The average Bonchev–Trinajstić information content (AvgIpc) is 2.66. The van der Waals surface area contributed by atoms with E-state index >= 15 is 0 Å². The number of aliphatic hydroxyl groups excluding tert-OH is 2. The molecule has 0 spiro atoms. The maximum absolute atomic E-state index is 9.14. The predicted molar refractivity (Wildman–Crippen MR) is 56.2 cm³/mol. The summed E-state index contributed by atoms with van der Waals surface area (Å²) in [6, 6.07) is 0.384. The van der Waals surface area contributed by atoms with E-state index in [0.29, 0.717) is 12.6 Å². The molecule has 3 N–H and O–H groups in total. The van der Waals surface area contributed by atoms with Crippen LogP contribution in [0.5, 0.6) is 0 Å². The van der Waals surface area contributed by atoms with Gasteiger partial charge in [-0.1, -0.05) is 0 Å². The minimum absolute atomic E-state index is 0.163. The molecule has 4 heteroatoms. The highest BCUT2D eigenvalue weighted by atomic mass is 16.3. The van der Waals surface area contributed by atoms with Crippen molar-refractivity contribution in [2.24, 2.45) is 0 Å². The summed E-state index contributed by atoms with van der Waals surface area (Å²) in [4.78, 5) is 2.43. The highest BCUT2D eigenvalue weighted by molar-refractivity contribution is 4.73. The molecule has 4 nitrogen and oxygen atoms in total. The van der Waals surface area contributed by atoms with E-state index in [1.54, 1.807) is 0 Å². The largest absolute Gasteiger partial charge is 0.394 e. The quantitative estimate of drug-likeness (QED) is 0.539. The molecule has 0 aliphatic carbocycles. The zero-order valence-electron chi connectivity index (χ0n) is 8.95. The van der Waals surface area contributed by atoms with Crippen molar-refractivity contribution in [2.45, 2.75) is 31.9 Å². The summed E-state index contributed by atoms with van der Waals surface area (Å²) >= 11 is 0. The van der Waals surface area contributed by atoms with Crippen LogP contribution in [0.4, 0.5) is 0 Å². The van der Waals surface area contributed by atoms with Gasteiger partial charge in [-0.3, -0.25) is 0 Å². The highest BCUT2D eigenvalue weighted by Gasteiger charge is 2.14. The summed E-state index contributed by atoms with van der Waals surface area (Å²) in [5.74, 6) is 0. The van der Waals surface area contributed by atoms with E-state index in [0.717, 1.165) is 6.54 Å². The topological polar surface area (TPSA) is 55.7 Å². The van der Waals surface area contributed by atoms with Crippen LogP contribution in [0.15, 0.2) is 0 Å². The normalized spacial score (nSPS) is 22.5. The second-order valence-electron chi connectivity index (χ2n) is 4.15. The summed E-state index contributed by atoms with van der Waals surface area (Å²) in [7, 11) is 0. The fraction of sp³-hybridized carbons (Fsp3) is 1.00. The van der Waals surface area contributed by atoms with Gasteiger partial charge in [-0.15, -0.1) is 0 Å². The third kappa shape index (κ3) is 4.37. The van der Waals surface area contributed by atoms with Crippen LogP contribution in [0, 0.1) is 0 Å². The van der Waals surface area contributed by atoms with Crippen molar-refractivity contribution in [3.63, 3.8) is 0 Å². The van der Waals surface area contributed by atoms with Crippen LogP contribution in [0.1, 0.15) is 19.8 Å². The molecule has 84 valence electrons. The number of rotatable bonds is 6. The third-order valence-electron chi connectivity index (χ3n) is 2.64. The lowest BCUT2D eigenvalue weighted by atomic mass is 10.3. The van der Waals surface area contributed by atoms with Crippen molar-refractivity contribution in [1.82, 2.24) is 10.2 Å². The minimum atomic E-state index is -0.629. The SMILES string of the molecule is CC(CN1CCCC1)NC[C@H](O)CO. The number of nitrogens with one attached hydrogen (secondary N) is 1. The number of hydrogen-bond acceptors (Lipinski definition) is 4. The summed E-state index contributed by atoms with van der Waals surface area (Å²) in [6.07, 6.45) is 1.99. The van der Waals surface area contributed by atoms with Crippen LogP contribution in [-0.4, -0.2) is 60.0 Å². The molecule has 0 aromatic heterocycles. The van der Waals surface area contributed by atoms with Crippen LogP contribution in [-0.2, 0) is 0 Å². The first-order valence-corrected chi connectivity index (χ1v) is 5.47. The molecule has 1 aliphatic rings. The van der Waals surface area contributed by atoms with Gasteiger partial charge in [-0.05, 0) is 32.9 Å². The van der Waals surface area contributed by atoms with Crippen molar-refractivity contribution >= 4 is 0 Å². The number of nitrogens with zero attached hydrogens (tertiary/aromatic N) is 1. The lowest BCUT2D eigenvalue weighted by Crippen LogP contribution is -2.41. The van der Waals surface area contributed by atoms with E-state index in [1.807, 2.05) is 0 Å². The Kier molecular flexibility index (Phi) is 5.40. The average molecular weight is 202 g/mol. The van der Waals surface area contributed by atoms with Gasteiger partial charge in [0.05, 0.1) is 12.7 Å². The Morgan fingerprint density at radius 2 is 2.00 bits per heavy atom. The monoisotopic (exact) mass is 202 g/mol. The highest BCUT2D eigenvalue weighted by Crippen LogP contribution is 2.07. The lowest BCUT2D eigenvalue weighted by molar-refractivity contribution is 0.0910. The van der Waals surface area contributed by atoms with Crippen molar-refractivity contribution in [2.75, 3.05) is 32.8 Å². The first-order valence-electron chi connectivity index (χ1n) is 5.47. The second-order valence-corrected chi connectivity index (χ2v) is 4.15. The van der Waals surface area contributed by atoms with Gasteiger partial charge in [-0.2, -0.15) is 0 Å². The molecular weight excluding hydrogens is 180 g/mol. The lowest BCUT2D eigenvalue weighted by Gasteiger charge is -2.22. The fourth-order valence-electron chi connectivity index (χ4n) is 1.82. The van der Waals surface area contributed by atoms with Gasteiger partial charge in [-0.25, -0.2) is 0 Å². The Morgan fingerprint density at radius 3 is 2.57 bits per heavy atom. The van der Waals surface area contributed by atoms with E-state index in [9.17, 15) is 0 Å². The van der Waals surface area contributed by atoms with E-state index in [1.165, 1.54) is 25.9 Å². The van der Waals surface area contributed by atoms with E-state index in [2.05, 4.69) is 17.1 Å². The molecule has 0 aromatic rings. The maximum atomic E-state index is 9.14. The zero-order chi connectivity index (χ0) is 10.4. The number of aliphatic hydroxyl groups is 2. The van der Waals surface area contributed by atoms with Gasteiger partial charge >= 0.3 is 0 Å². The van der Waals surface area contributed by atoms with E-state index < -0.39 is 6.10 Å². The summed E-state index contributed by atoms with van der Waals surface area (Å²) in [5.41, 5.74) is 0. The molecule has 1 aliphatic heterocycles. The Morgan fingerprint density at radius 1 is 1.36 bits per heavy atom. The first-order chi connectivity index (χ1) is 6.72. The van der Waals surface area contributed by atoms with Crippen molar-refractivity contribution in [3.8, 4) is 0 Å². The Labute approximate surface area is 85.9 Å². The fourth-order valence-corrected chi connectivity index (χ4v) is 1.82. The number of hydrogen-bond donors (Lipinski definition) is 3. The molecule has 0 saturated carbocycles. The van der Waals surface area contributed by atoms with Crippen molar-refractivity contribution < 1.29 is 10.2 Å². The van der Waals surface area contributed by atoms with E-state index in [4.69, 9.17) is 10.2 Å². The van der Waals surface area contributed by atoms with Gasteiger partial charge in [0.2, 0.25) is 0 Å². The Balaban J connectivity index is 2.05. The van der Waals surface area contributed by atoms with Gasteiger partial charge in [0.1, 0.15) is 0 Å². The molecule has 1 rings (SSSR count). The second kappa shape index (κ2) is 6.35. The van der Waals surface area contributed by atoms with Crippen LogP contribution in [0.25, 0.3) is 0 Å². The molecular formula is C10H22N2O2. The van der Waals surface area contributed by atoms with Crippen LogP contribution >= 0.6 is 0 Å². The molecule has 1 saturated heterocycles. The summed E-state index contributed by atoms with van der Waals surface area (Å²) in [5, 5.41) is 21.0. The van der Waals surface area contributed by atoms with Crippen LogP contribution < -0.4 is 5.32 Å². The minimum Gasteiger partial charge on any atom is -0.394 e. The van der Waals surface area contributed by atoms with Crippen LogP contribution in [0.2, 0.25) is 0 Å². The van der Waals surface area contributed by atoms with Gasteiger partial charge in [0.25, 0.3) is 0 Å². The smallest absolute Gasteiger partial charge is 0.0895 e. The van der Waals surface area contributed by atoms with E-state index in [-0.39, 0.29) is 6.61 Å². The molecule has 1 unspecified atom stereocenters. The molecule has 0 radical (unpaired) electrons. The maximum Gasteiger partial charge on any atom is 0.0895 e. The van der Waals surface area contributed by atoms with Crippen LogP contribution in [0.3, 0.4) is 0 Å². The molecule has 0 aromatic carbocycles. The molecule has 0 bridgehead atoms. The van der Waals surface area contributed by atoms with Gasteiger partial charge < -0.3 is 20.4 Å². The number of likely N-dealkylation sites (tertiary alicyclic amines) is 1. The molecule has 1 fully saturated rings. The van der Waals surface area contributed by atoms with Gasteiger partial charge in [0, 0.05) is 19.1 Å². The molecule has 2 atom stereocenters. The standard InChI is InChI=1S/C10H22N2O2/c1-9(11-6-10(14)8-13)7-12-4-2-3-5-12/h9-11,13-14H,2-8H2,1H3/t9?,10-/m0/s1. The van der Waals surface area contributed by atoms with Gasteiger partial charge in [0.15, 0.2) is 0 Å². The molecule has 0 amide bonds.